The molecule has 24 heavy (non-hydrogen) atoms. The highest BCUT2D eigenvalue weighted by molar-refractivity contribution is 8.76. The van der Waals surface area contributed by atoms with Gasteiger partial charge in [0.1, 0.15) is 12.1 Å². The molecule has 0 saturated heterocycles. The fraction of sp³-hybridized carbons (Fsp3) is 0.833. The lowest BCUT2D eigenvalue weighted by Crippen LogP contribution is -2.50. The maximum atomic E-state index is 11.4. The van der Waals surface area contributed by atoms with E-state index < -0.39 is 49.4 Å². The molecule has 0 aliphatic carbocycles. The third-order valence-corrected chi connectivity index (χ3v) is 5.34. The van der Waals surface area contributed by atoms with Crippen LogP contribution in [0.15, 0.2) is 0 Å². The SMILES string of the molecule is N[C@@H](CSSC[C@@H](C(=O)O)N(CC(O)CO)CC(O)CO)C(=O)O. The van der Waals surface area contributed by atoms with Crippen molar-refractivity contribution in [2.45, 2.75) is 24.3 Å². The number of carbonyl (C=O) groups is 2. The van der Waals surface area contributed by atoms with Crippen LogP contribution >= 0.6 is 21.6 Å². The Balaban J connectivity index is 4.71. The number of rotatable bonds is 14. The summed E-state index contributed by atoms with van der Waals surface area (Å²) in [5, 5.41) is 54.9. The second-order valence-corrected chi connectivity index (χ2v) is 7.55. The fourth-order valence-corrected chi connectivity index (χ4v) is 3.99. The third kappa shape index (κ3) is 9.64. The first kappa shape index (κ1) is 23.4. The van der Waals surface area contributed by atoms with Crippen molar-refractivity contribution in [1.82, 2.24) is 4.90 Å². The zero-order valence-electron chi connectivity index (χ0n) is 12.9. The van der Waals surface area contributed by atoms with Gasteiger partial charge in [-0.2, -0.15) is 0 Å². The van der Waals surface area contributed by atoms with E-state index in [1.807, 2.05) is 0 Å². The van der Waals surface area contributed by atoms with Crippen LogP contribution in [-0.4, -0.2) is 110 Å². The Morgan fingerprint density at radius 2 is 1.38 bits per heavy atom. The lowest BCUT2D eigenvalue weighted by atomic mass is 10.2. The molecule has 0 radical (unpaired) electrons. The molecule has 4 atom stereocenters. The number of nitrogens with two attached hydrogens (primary N) is 1. The van der Waals surface area contributed by atoms with Crippen molar-refractivity contribution in [3.63, 3.8) is 0 Å². The van der Waals surface area contributed by atoms with Gasteiger partial charge in [-0.05, 0) is 0 Å². The summed E-state index contributed by atoms with van der Waals surface area (Å²) < 4.78 is 0. The van der Waals surface area contributed by atoms with Gasteiger partial charge in [-0.3, -0.25) is 14.5 Å². The summed E-state index contributed by atoms with van der Waals surface area (Å²) in [5.74, 6) is -2.24. The maximum Gasteiger partial charge on any atom is 0.321 e. The topological polar surface area (TPSA) is 185 Å². The molecular weight excluding hydrogens is 364 g/mol. The Hall–Kier alpha value is -0.600. The minimum atomic E-state index is -1.21. The van der Waals surface area contributed by atoms with Crippen molar-refractivity contribution < 1.29 is 40.2 Å². The minimum Gasteiger partial charge on any atom is -0.480 e. The number of aliphatic hydroxyl groups is 4. The molecule has 0 spiro atoms. The average Bonchev–Trinajstić information content (AvgIpc) is 2.52. The Morgan fingerprint density at radius 3 is 1.75 bits per heavy atom. The zero-order chi connectivity index (χ0) is 18.7. The third-order valence-electron chi connectivity index (χ3n) is 2.91. The molecule has 10 nitrogen and oxygen atoms in total. The van der Waals surface area contributed by atoms with Gasteiger partial charge in [-0.25, -0.2) is 0 Å². The largest absolute Gasteiger partial charge is 0.480 e. The van der Waals surface area contributed by atoms with E-state index in [1.165, 1.54) is 4.90 Å². The molecule has 0 bridgehead atoms. The Morgan fingerprint density at radius 1 is 0.917 bits per heavy atom. The van der Waals surface area contributed by atoms with E-state index in [1.54, 1.807) is 0 Å². The molecule has 0 aliphatic rings. The van der Waals surface area contributed by atoms with Crippen LogP contribution in [0, 0.1) is 0 Å². The van der Waals surface area contributed by atoms with Crippen molar-refractivity contribution in [3.8, 4) is 0 Å². The van der Waals surface area contributed by atoms with Crippen molar-refractivity contribution in [2.24, 2.45) is 5.73 Å². The minimum absolute atomic E-state index is 0.0304. The van der Waals surface area contributed by atoms with Crippen LogP contribution < -0.4 is 5.73 Å². The van der Waals surface area contributed by atoms with Crippen LogP contribution in [0.4, 0.5) is 0 Å². The average molecular weight is 388 g/mol. The number of nitrogens with zero attached hydrogens (tertiary/aromatic N) is 1. The van der Waals surface area contributed by atoms with Crippen LogP contribution in [0.5, 0.6) is 0 Å². The maximum absolute atomic E-state index is 11.4. The Labute approximate surface area is 147 Å². The summed E-state index contributed by atoms with van der Waals surface area (Å²) in [6.07, 6.45) is -2.40. The zero-order valence-corrected chi connectivity index (χ0v) is 14.5. The van der Waals surface area contributed by atoms with E-state index in [0.717, 1.165) is 21.6 Å². The van der Waals surface area contributed by atoms with Crippen molar-refractivity contribution in [2.75, 3.05) is 37.8 Å². The first-order valence-electron chi connectivity index (χ1n) is 7.00. The number of carboxylic acids is 2. The van der Waals surface area contributed by atoms with Gasteiger partial charge in [0.2, 0.25) is 0 Å². The highest BCUT2D eigenvalue weighted by Crippen LogP contribution is 2.24. The van der Waals surface area contributed by atoms with E-state index >= 15 is 0 Å². The summed E-state index contributed by atoms with van der Waals surface area (Å²) in [7, 11) is 2.19. The lowest BCUT2D eigenvalue weighted by molar-refractivity contribution is -0.143. The molecule has 8 N–H and O–H groups in total. The monoisotopic (exact) mass is 388 g/mol. The number of carboxylic acid groups (broad SMARTS) is 2. The molecule has 0 aromatic heterocycles. The van der Waals surface area contributed by atoms with Gasteiger partial charge >= 0.3 is 11.9 Å². The first-order valence-corrected chi connectivity index (χ1v) is 9.49. The summed E-state index contributed by atoms with van der Waals surface area (Å²) in [6, 6.07) is -2.17. The smallest absolute Gasteiger partial charge is 0.321 e. The van der Waals surface area contributed by atoms with Crippen LogP contribution in [0.3, 0.4) is 0 Å². The molecule has 0 rings (SSSR count). The Kier molecular flexibility index (Phi) is 12.4. The van der Waals surface area contributed by atoms with Crippen molar-refractivity contribution >= 4 is 33.5 Å². The normalized spacial score (nSPS) is 16.6. The quantitative estimate of drug-likeness (QED) is 0.120. The van der Waals surface area contributed by atoms with Gasteiger partial charge in [0.25, 0.3) is 0 Å². The molecular formula is C12H24N2O8S2. The highest BCUT2D eigenvalue weighted by Gasteiger charge is 2.29. The summed E-state index contributed by atoms with van der Waals surface area (Å²) >= 11 is 0. The molecule has 0 saturated carbocycles. The van der Waals surface area contributed by atoms with Gasteiger partial charge in [0.05, 0.1) is 25.4 Å². The molecule has 0 aliphatic heterocycles. The number of hydrogen-bond acceptors (Lipinski definition) is 10. The molecule has 2 unspecified atom stereocenters. The Bertz CT molecular complexity index is 378. The van der Waals surface area contributed by atoms with Crippen molar-refractivity contribution in [1.29, 1.82) is 0 Å². The summed E-state index contributed by atoms with van der Waals surface area (Å²) in [4.78, 5) is 23.3. The van der Waals surface area contributed by atoms with E-state index in [4.69, 9.17) is 21.1 Å². The van der Waals surface area contributed by atoms with E-state index in [2.05, 4.69) is 0 Å². The predicted molar refractivity (Wildman–Crippen MR) is 89.7 cm³/mol. The first-order chi connectivity index (χ1) is 11.2. The summed E-state index contributed by atoms with van der Waals surface area (Å²) in [6.45, 7) is -1.56. The standard InChI is InChI=1S/C12H24N2O8S2/c13-9(11(19)20)5-23-24-6-10(12(21)22)14(1-7(17)3-15)2-8(18)4-16/h7-10,15-18H,1-6,13H2,(H,19,20)(H,21,22)/t7?,8?,9-,10-/m0/s1. The number of hydrogen-bond donors (Lipinski definition) is 7. The summed E-state index contributed by atoms with van der Waals surface area (Å²) in [5.41, 5.74) is 5.34. The fourth-order valence-electron chi connectivity index (χ4n) is 1.62. The van der Waals surface area contributed by atoms with Crippen LogP contribution in [0.1, 0.15) is 0 Å². The highest BCUT2D eigenvalue weighted by atomic mass is 33.1. The predicted octanol–water partition coefficient (Wildman–Crippen LogP) is -2.76. The van der Waals surface area contributed by atoms with Gasteiger partial charge in [0, 0.05) is 24.6 Å². The molecule has 0 heterocycles. The van der Waals surface area contributed by atoms with Gasteiger partial charge in [0.15, 0.2) is 0 Å². The number of aliphatic carboxylic acids is 2. The van der Waals surface area contributed by atoms with E-state index in [9.17, 15) is 24.9 Å². The van der Waals surface area contributed by atoms with Crippen LogP contribution in [0.2, 0.25) is 0 Å². The molecule has 0 aromatic rings. The number of aliphatic hydroxyl groups excluding tert-OH is 4. The van der Waals surface area contributed by atoms with Crippen molar-refractivity contribution in [3.05, 3.63) is 0 Å². The van der Waals surface area contributed by atoms with Crippen LogP contribution in [-0.2, 0) is 9.59 Å². The van der Waals surface area contributed by atoms with Gasteiger partial charge < -0.3 is 36.4 Å². The lowest BCUT2D eigenvalue weighted by Gasteiger charge is -2.31. The van der Waals surface area contributed by atoms with Gasteiger partial charge in [-0.15, -0.1) is 0 Å². The van der Waals surface area contributed by atoms with E-state index in [0.29, 0.717) is 0 Å². The second-order valence-electron chi connectivity index (χ2n) is 4.99. The molecule has 0 amide bonds. The molecule has 12 heteroatoms. The van der Waals surface area contributed by atoms with Gasteiger partial charge in [-0.1, -0.05) is 21.6 Å². The van der Waals surface area contributed by atoms with E-state index in [-0.39, 0.29) is 24.6 Å². The molecule has 142 valence electrons. The second kappa shape index (κ2) is 12.7. The van der Waals surface area contributed by atoms with Crippen LogP contribution in [0.25, 0.3) is 0 Å². The molecule has 0 aromatic carbocycles. The molecule has 0 fully saturated rings.